The lowest BCUT2D eigenvalue weighted by Crippen LogP contribution is -2.24. The first-order valence-electron chi connectivity index (χ1n) is 4.88. The van der Waals surface area contributed by atoms with Gasteiger partial charge in [0.05, 0.1) is 10.0 Å². The Labute approximate surface area is 99.6 Å². The molecular weight excluding hydrogens is 233 g/mol. The molecule has 0 radical (unpaired) electrons. The van der Waals surface area contributed by atoms with Gasteiger partial charge < -0.3 is 5.32 Å². The van der Waals surface area contributed by atoms with Crippen molar-refractivity contribution in [3.8, 4) is 0 Å². The molecule has 1 aromatic rings. The van der Waals surface area contributed by atoms with Gasteiger partial charge in [0.2, 0.25) is 0 Å². The Morgan fingerprint density at radius 3 is 2.67 bits per heavy atom. The van der Waals surface area contributed by atoms with Crippen molar-refractivity contribution in [1.82, 2.24) is 5.32 Å². The summed E-state index contributed by atoms with van der Waals surface area (Å²) in [5.74, 6) is -0.109. The summed E-state index contributed by atoms with van der Waals surface area (Å²) in [5, 5.41) is 3.67. The highest BCUT2D eigenvalue weighted by atomic mass is 35.5. The van der Waals surface area contributed by atoms with Gasteiger partial charge in [0, 0.05) is 12.1 Å². The molecule has 0 unspecified atom stereocenters. The molecule has 0 aliphatic rings. The largest absolute Gasteiger partial charge is 0.352 e. The van der Waals surface area contributed by atoms with E-state index in [1.54, 1.807) is 18.2 Å². The smallest absolute Gasteiger partial charge is 0.251 e. The number of unbranched alkanes of at least 4 members (excludes halogenated alkanes) is 1. The third kappa shape index (κ3) is 3.73. The van der Waals surface area contributed by atoms with E-state index in [1.807, 2.05) is 0 Å². The van der Waals surface area contributed by atoms with Gasteiger partial charge in [-0.3, -0.25) is 4.79 Å². The lowest BCUT2D eigenvalue weighted by molar-refractivity contribution is 0.0953. The minimum atomic E-state index is -0.109. The molecular formula is C11H13Cl2NO. The van der Waals surface area contributed by atoms with E-state index in [4.69, 9.17) is 23.2 Å². The summed E-state index contributed by atoms with van der Waals surface area (Å²) in [5.41, 5.74) is 0.542. The number of amides is 1. The summed E-state index contributed by atoms with van der Waals surface area (Å²) in [6.45, 7) is 2.76. The quantitative estimate of drug-likeness (QED) is 0.809. The monoisotopic (exact) mass is 245 g/mol. The maximum absolute atomic E-state index is 11.6. The molecule has 1 rings (SSSR count). The molecule has 0 bridgehead atoms. The van der Waals surface area contributed by atoms with Gasteiger partial charge >= 0.3 is 0 Å². The van der Waals surface area contributed by atoms with Crippen LogP contribution >= 0.6 is 23.2 Å². The van der Waals surface area contributed by atoms with E-state index in [0.717, 1.165) is 12.8 Å². The molecule has 0 saturated heterocycles. The van der Waals surface area contributed by atoms with Gasteiger partial charge in [-0.1, -0.05) is 36.5 Å². The maximum Gasteiger partial charge on any atom is 0.251 e. The van der Waals surface area contributed by atoms with Gasteiger partial charge in [0.25, 0.3) is 5.91 Å². The first-order chi connectivity index (χ1) is 7.15. The Hall–Kier alpha value is -0.730. The molecule has 0 spiro atoms. The molecule has 0 aliphatic carbocycles. The van der Waals surface area contributed by atoms with E-state index in [9.17, 15) is 4.79 Å². The van der Waals surface area contributed by atoms with Crippen LogP contribution in [0.2, 0.25) is 10.0 Å². The van der Waals surface area contributed by atoms with Crippen molar-refractivity contribution >= 4 is 29.1 Å². The van der Waals surface area contributed by atoms with Crippen LogP contribution in [0.15, 0.2) is 18.2 Å². The van der Waals surface area contributed by atoms with Crippen molar-refractivity contribution < 1.29 is 4.79 Å². The number of hydrogen-bond acceptors (Lipinski definition) is 1. The second kappa shape index (κ2) is 5.99. The fourth-order valence-corrected chi connectivity index (χ4v) is 1.42. The van der Waals surface area contributed by atoms with Gasteiger partial charge in [-0.2, -0.15) is 0 Å². The lowest BCUT2D eigenvalue weighted by atomic mass is 10.2. The van der Waals surface area contributed by atoms with Crippen LogP contribution in [-0.4, -0.2) is 12.5 Å². The summed E-state index contributed by atoms with van der Waals surface area (Å²) in [6.07, 6.45) is 2.04. The highest BCUT2D eigenvalue weighted by Gasteiger charge is 2.06. The van der Waals surface area contributed by atoms with E-state index in [0.29, 0.717) is 22.2 Å². The Balaban J connectivity index is 2.62. The predicted molar refractivity (Wildman–Crippen MR) is 63.7 cm³/mol. The number of benzene rings is 1. The third-order valence-corrected chi connectivity index (χ3v) is 2.74. The number of carbonyl (C=O) groups is 1. The molecule has 1 amide bonds. The molecule has 1 N–H and O–H groups in total. The lowest BCUT2D eigenvalue weighted by Gasteiger charge is -2.04. The van der Waals surface area contributed by atoms with Crippen molar-refractivity contribution in [2.75, 3.05) is 6.54 Å². The number of carbonyl (C=O) groups excluding carboxylic acids is 1. The number of hydrogen-bond donors (Lipinski definition) is 1. The highest BCUT2D eigenvalue weighted by molar-refractivity contribution is 6.42. The van der Waals surface area contributed by atoms with E-state index < -0.39 is 0 Å². The molecule has 82 valence electrons. The maximum atomic E-state index is 11.6. The fraction of sp³-hybridized carbons (Fsp3) is 0.364. The van der Waals surface area contributed by atoms with Crippen LogP contribution < -0.4 is 5.32 Å². The van der Waals surface area contributed by atoms with Crippen LogP contribution in [0.1, 0.15) is 30.1 Å². The summed E-state index contributed by atoms with van der Waals surface area (Å²) in [6, 6.07) is 4.86. The van der Waals surface area contributed by atoms with Crippen molar-refractivity contribution in [1.29, 1.82) is 0 Å². The average molecular weight is 246 g/mol. The molecule has 1 aromatic carbocycles. The zero-order valence-electron chi connectivity index (χ0n) is 8.52. The van der Waals surface area contributed by atoms with Gasteiger partial charge in [-0.15, -0.1) is 0 Å². The summed E-state index contributed by atoms with van der Waals surface area (Å²) < 4.78 is 0. The molecule has 15 heavy (non-hydrogen) atoms. The molecule has 0 atom stereocenters. The van der Waals surface area contributed by atoms with Gasteiger partial charge in [-0.05, 0) is 24.6 Å². The standard InChI is InChI=1S/C11H13Cl2NO/c1-2-3-6-14-11(15)8-4-5-9(12)10(13)7-8/h4-5,7H,2-3,6H2,1H3,(H,14,15). The average Bonchev–Trinajstić information content (AvgIpc) is 2.22. The Morgan fingerprint density at radius 2 is 2.07 bits per heavy atom. The second-order valence-electron chi connectivity index (χ2n) is 3.24. The number of rotatable bonds is 4. The minimum Gasteiger partial charge on any atom is -0.352 e. The van der Waals surface area contributed by atoms with E-state index in [2.05, 4.69) is 12.2 Å². The van der Waals surface area contributed by atoms with E-state index in [1.165, 1.54) is 0 Å². The first kappa shape index (κ1) is 12.3. The topological polar surface area (TPSA) is 29.1 Å². The van der Waals surface area contributed by atoms with Crippen LogP contribution in [0.5, 0.6) is 0 Å². The Bertz CT molecular complexity index is 352. The molecule has 0 fully saturated rings. The van der Waals surface area contributed by atoms with Crippen molar-refractivity contribution in [2.24, 2.45) is 0 Å². The molecule has 0 aromatic heterocycles. The Morgan fingerprint density at radius 1 is 1.33 bits per heavy atom. The van der Waals surface area contributed by atoms with Gasteiger partial charge in [0.1, 0.15) is 0 Å². The van der Waals surface area contributed by atoms with Crippen molar-refractivity contribution in [3.63, 3.8) is 0 Å². The zero-order chi connectivity index (χ0) is 11.3. The SMILES string of the molecule is CCCCNC(=O)c1ccc(Cl)c(Cl)c1. The highest BCUT2D eigenvalue weighted by Crippen LogP contribution is 2.22. The van der Waals surface area contributed by atoms with E-state index in [-0.39, 0.29) is 5.91 Å². The molecule has 4 heteroatoms. The second-order valence-corrected chi connectivity index (χ2v) is 4.05. The minimum absolute atomic E-state index is 0.109. The normalized spacial score (nSPS) is 10.1. The van der Waals surface area contributed by atoms with Crippen molar-refractivity contribution in [3.05, 3.63) is 33.8 Å². The predicted octanol–water partition coefficient (Wildman–Crippen LogP) is 3.52. The summed E-state index contributed by atoms with van der Waals surface area (Å²) in [4.78, 5) is 11.6. The summed E-state index contributed by atoms with van der Waals surface area (Å²) >= 11 is 11.6. The number of halogens is 2. The van der Waals surface area contributed by atoms with Crippen LogP contribution in [-0.2, 0) is 0 Å². The zero-order valence-corrected chi connectivity index (χ0v) is 10.0. The Kier molecular flexibility index (Phi) is 4.92. The van der Waals surface area contributed by atoms with Crippen molar-refractivity contribution in [2.45, 2.75) is 19.8 Å². The van der Waals surface area contributed by atoms with Crippen LogP contribution in [0.4, 0.5) is 0 Å². The molecule has 0 heterocycles. The van der Waals surface area contributed by atoms with Crippen LogP contribution in [0.25, 0.3) is 0 Å². The number of nitrogens with one attached hydrogen (secondary N) is 1. The van der Waals surface area contributed by atoms with Crippen LogP contribution in [0, 0.1) is 0 Å². The van der Waals surface area contributed by atoms with Gasteiger partial charge in [0.15, 0.2) is 0 Å². The first-order valence-corrected chi connectivity index (χ1v) is 5.64. The summed E-state index contributed by atoms with van der Waals surface area (Å²) in [7, 11) is 0. The molecule has 0 saturated carbocycles. The third-order valence-electron chi connectivity index (χ3n) is 2.00. The van der Waals surface area contributed by atoms with Gasteiger partial charge in [-0.25, -0.2) is 0 Å². The van der Waals surface area contributed by atoms with Crippen LogP contribution in [0.3, 0.4) is 0 Å². The molecule has 2 nitrogen and oxygen atoms in total. The molecule has 0 aliphatic heterocycles. The van der Waals surface area contributed by atoms with E-state index >= 15 is 0 Å². The fourth-order valence-electron chi connectivity index (χ4n) is 1.12.